The van der Waals surface area contributed by atoms with Gasteiger partial charge in [-0.25, -0.2) is 0 Å². The monoisotopic (exact) mass is 494 g/mol. The summed E-state index contributed by atoms with van der Waals surface area (Å²) >= 11 is 0. The zero-order valence-corrected chi connectivity index (χ0v) is 21.5. The first-order valence-electron chi connectivity index (χ1n) is 13.3. The van der Waals surface area contributed by atoms with Crippen molar-refractivity contribution in [2.75, 3.05) is 51.3 Å². The van der Waals surface area contributed by atoms with Gasteiger partial charge in [-0.15, -0.1) is 0 Å². The molecule has 1 amide bonds. The quantitative estimate of drug-likeness (QED) is 0.391. The first kappa shape index (κ1) is 23.6. The van der Waals surface area contributed by atoms with Gasteiger partial charge in [-0.1, -0.05) is 48.5 Å². The van der Waals surface area contributed by atoms with Crippen LogP contribution in [-0.2, 0) is 19.5 Å². The van der Waals surface area contributed by atoms with Crippen LogP contribution < -0.4 is 9.64 Å². The fourth-order valence-electron chi connectivity index (χ4n) is 5.93. The molecule has 6 heteroatoms. The Balaban J connectivity index is 1.18. The summed E-state index contributed by atoms with van der Waals surface area (Å²) in [6, 6.07) is 26.7. The van der Waals surface area contributed by atoms with Gasteiger partial charge in [0, 0.05) is 68.0 Å². The van der Waals surface area contributed by atoms with E-state index >= 15 is 0 Å². The lowest BCUT2D eigenvalue weighted by molar-refractivity contribution is 0.0730. The number of hydrogen-bond donors (Lipinski definition) is 0. The van der Waals surface area contributed by atoms with E-state index in [4.69, 9.17) is 4.74 Å². The molecule has 0 atom stereocenters. The van der Waals surface area contributed by atoms with E-state index in [0.717, 1.165) is 63.5 Å². The van der Waals surface area contributed by atoms with Crippen LogP contribution in [0.2, 0.25) is 0 Å². The number of rotatable bonds is 6. The van der Waals surface area contributed by atoms with Crippen molar-refractivity contribution >= 4 is 22.5 Å². The number of fused-ring (bicyclic) bond motifs is 3. The Hall–Kier alpha value is -3.77. The lowest BCUT2D eigenvalue weighted by Gasteiger charge is -2.37. The van der Waals surface area contributed by atoms with Crippen LogP contribution >= 0.6 is 0 Å². The number of hydrogen-bond acceptors (Lipinski definition) is 4. The molecule has 1 aromatic heterocycles. The Kier molecular flexibility index (Phi) is 6.58. The number of amides is 1. The summed E-state index contributed by atoms with van der Waals surface area (Å²) < 4.78 is 8.06. The van der Waals surface area contributed by atoms with Gasteiger partial charge in [-0.05, 0) is 42.3 Å². The second-order valence-electron chi connectivity index (χ2n) is 9.94. The SMILES string of the molecule is COc1ccccc1N1CCN(CCn2c3c(c4ccccc42)CCN(C(=O)c2ccccc2)C3)CC1. The van der Waals surface area contributed by atoms with E-state index < -0.39 is 0 Å². The van der Waals surface area contributed by atoms with E-state index in [1.54, 1.807) is 7.11 Å². The minimum atomic E-state index is 0.121. The molecule has 1 fully saturated rings. The van der Waals surface area contributed by atoms with Crippen LogP contribution in [0.1, 0.15) is 21.6 Å². The predicted molar refractivity (Wildman–Crippen MR) is 148 cm³/mol. The standard InChI is InChI=1S/C31H34N4O2/c1-37-30-14-8-7-13-28(30)33-20-17-32(18-21-33)19-22-35-27-12-6-5-11-25(27)26-15-16-34(23-29(26)35)31(36)24-9-3-2-4-10-24/h2-14H,15-23H2,1H3. The summed E-state index contributed by atoms with van der Waals surface area (Å²) in [5.74, 6) is 1.06. The van der Waals surface area contributed by atoms with Gasteiger partial charge in [-0.3, -0.25) is 9.69 Å². The van der Waals surface area contributed by atoms with Gasteiger partial charge in [0.1, 0.15) is 5.75 Å². The number of anilines is 1. The van der Waals surface area contributed by atoms with E-state index in [9.17, 15) is 4.79 Å². The van der Waals surface area contributed by atoms with E-state index in [0.29, 0.717) is 6.54 Å². The molecule has 3 aromatic carbocycles. The molecule has 190 valence electrons. The fourth-order valence-corrected chi connectivity index (χ4v) is 5.93. The van der Waals surface area contributed by atoms with Crippen LogP contribution in [-0.4, -0.2) is 66.7 Å². The Morgan fingerprint density at radius 3 is 2.35 bits per heavy atom. The van der Waals surface area contributed by atoms with Crippen molar-refractivity contribution < 1.29 is 9.53 Å². The molecule has 3 heterocycles. The maximum atomic E-state index is 13.2. The van der Waals surface area contributed by atoms with Crippen molar-refractivity contribution in [3.63, 3.8) is 0 Å². The van der Waals surface area contributed by atoms with Crippen molar-refractivity contribution in [1.82, 2.24) is 14.4 Å². The molecule has 0 saturated carbocycles. The summed E-state index contributed by atoms with van der Waals surface area (Å²) in [7, 11) is 1.74. The molecule has 6 nitrogen and oxygen atoms in total. The Bertz CT molecular complexity index is 1390. The van der Waals surface area contributed by atoms with Crippen molar-refractivity contribution in [3.05, 3.63) is 95.7 Å². The molecular formula is C31H34N4O2. The highest BCUT2D eigenvalue weighted by Gasteiger charge is 2.27. The molecule has 2 aliphatic heterocycles. The van der Waals surface area contributed by atoms with Gasteiger partial charge in [0.25, 0.3) is 5.91 Å². The number of piperazine rings is 1. The molecular weight excluding hydrogens is 460 g/mol. The van der Waals surface area contributed by atoms with E-state index in [-0.39, 0.29) is 5.91 Å². The fraction of sp³-hybridized carbons (Fsp3) is 0.323. The number of carbonyl (C=O) groups is 1. The molecule has 6 rings (SSSR count). The van der Waals surface area contributed by atoms with Gasteiger partial charge >= 0.3 is 0 Å². The largest absolute Gasteiger partial charge is 0.495 e. The van der Waals surface area contributed by atoms with Crippen LogP contribution in [0.15, 0.2) is 78.9 Å². The number of carbonyl (C=O) groups excluding carboxylic acids is 1. The van der Waals surface area contributed by atoms with Crippen molar-refractivity contribution in [1.29, 1.82) is 0 Å². The average Bonchev–Trinajstić information content (AvgIpc) is 3.29. The average molecular weight is 495 g/mol. The second kappa shape index (κ2) is 10.3. The third-order valence-corrected chi connectivity index (χ3v) is 7.91. The first-order chi connectivity index (χ1) is 18.2. The number of para-hydroxylation sites is 3. The Morgan fingerprint density at radius 1 is 0.811 bits per heavy atom. The lowest BCUT2D eigenvalue weighted by Crippen LogP contribution is -2.47. The molecule has 0 spiro atoms. The third kappa shape index (κ3) is 4.58. The van der Waals surface area contributed by atoms with Crippen LogP contribution in [0.4, 0.5) is 5.69 Å². The predicted octanol–water partition coefficient (Wildman–Crippen LogP) is 4.67. The van der Waals surface area contributed by atoms with Crippen LogP contribution in [0.25, 0.3) is 10.9 Å². The topological polar surface area (TPSA) is 41.0 Å². The van der Waals surface area contributed by atoms with Crippen molar-refractivity contribution in [2.24, 2.45) is 0 Å². The van der Waals surface area contributed by atoms with E-state index in [2.05, 4.69) is 50.8 Å². The third-order valence-electron chi connectivity index (χ3n) is 7.91. The summed E-state index contributed by atoms with van der Waals surface area (Å²) in [5, 5.41) is 1.34. The summed E-state index contributed by atoms with van der Waals surface area (Å²) in [5.41, 5.74) is 5.94. The van der Waals surface area contributed by atoms with Gasteiger partial charge in [0.15, 0.2) is 0 Å². The molecule has 1 saturated heterocycles. The number of aromatic nitrogens is 1. The summed E-state index contributed by atoms with van der Waals surface area (Å²) in [6.07, 6.45) is 0.902. The highest BCUT2D eigenvalue weighted by atomic mass is 16.5. The Morgan fingerprint density at radius 2 is 1.54 bits per heavy atom. The molecule has 37 heavy (non-hydrogen) atoms. The number of benzene rings is 3. The maximum Gasteiger partial charge on any atom is 0.254 e. The van der Waals surface area contributed by atoms with Crippen LogP contribution in [0.3, 0.4) is 0 Å². The minimum Gasteiger partial charge on any atom is -0.495 e. The molecule has 0 unspecified atom stereocenters. The maximum absolute atomic E-state index is 13.2. The molecule has 0 aliphatic carbocycles. The number of ether oxygens (including phenoxy) is 1. The molecule has 2 aliphatic rings. The smallest absolute Gasteiger partial charge is 0.254 e. The van der Waals surface area contributed by atoms with Crippen molar-refractivity contribution in [3.8, 4) is 5.75 Å². The van der Waals surface area contributed by atoms with Crippen LogP contribution in [0, 0.1) is 0 Å². The first-order valence-corrected chi connectivity index (χ1v) is 13.3. The second-order valence-corrected chi connectivity index (χ2v) is 9.94. The van der Waals surface area contributed by atoms with Gasteiger partial charge < -0.3 is 19.1 Å². The number of methoxy groups -OCH3 is 1. The summed E-state index contributed by atoms with van der Waals surface area (Å²) in [6.45, 7) is 7.39. The minimum absolute atomic E-state index is 0.121. The number of nitrogens with zero attached hydrogens (tertiary/aromatic N) is 4. The summed E-state index contributed by atoms with van der Waals surface area (Å²) in [4.78, 5) is 20.2. The molecule has 0 N–H and O–H groups in total. The molecule has 0 bridgehead atoms. The van der Waals surface area contributed by atoms with Crippen LogP contribution in [0.5, 0.6) is 5.75 Å². The van der Waals surface area contributed by atoms with Crippen molar-refractivity contribution in [2.45, 2.75) is 19.5 Å². The zero-order chi connectivity index (χ0) is 25.2. The molecule has 0 radical (unpaired) electrons. The van der Waals surface area contributed by atoms with Gasteiger partial charge in [0.05, 0.1) is 19.3 Å². The van der Waals surface area contributed by atoms with E-state index in [1.807, 2.05) is 47.4 Å². The normalized spacial score (nSPS) is 16.1. The van der Waals surface area contributed by atoms with E-state index in [1.165, 1.54) is 27.8 Å². The lowest BCUT2D eigenvalue weighted by atomic mass is 10.0. The highest BCUT2D eigenvalue weighted by molar-refractivity contribution is 5.95. The van der Waals surface area contributed by atoms with Gasteiger partial charge in [0.2, 0.25) is 0 Å². The highest BCUT2D eigenvalue weighted by Crippen LogP contribution is 2.32. The van der Waals surface area contributed by atoms with Gasteiger partial charge in [-0.2, -0.15) is 0 Å². The zero-order valence-electron chi connectivity index (χ0n) is 21.5. The molecule has 4 aromatic rings. The Labute approximate surface area is 218 Å².